The number of nitrogens with one attached hydrogen (secondary N) is 1. The summed E-state index contributed by atoms with van der Waals surface area (Å²) in [7, 11) is 3.14. The van der Waals surface area contributed by atoms with Crippen molar-refractivity contribution in [2.24, 2.45) is 0 Å². The van der Waals surface area contributed by atoms with E-state index in [9.17, 15) is 9.59 Å². The molecule has 2 aliphatic heterocycles. The van der Waals surface area contributed by atoms with E-state index in [1.165, 1.54) is 12.0 Å². The maximum Gasteiger partial charge on any atom is 0.245 e. The number of hydrogen-bond donors (Lipinski definition) is 2. The van der Waals surface area contributed by atoms with Gasteiger partial charge >= 0.3 is 0 Å². The van der Waals surface area contributed by atoms with E-state index in [0.717, 1.165) is 0 Å². The lowest BCUT2D eigenvalue weighted by molar-refractivity contribution is -0.152. The quantitative estimate of drug-likeness (QED) is 0.730. The number of likely N-dealkylation sites (N-methyl/N-ethyl adjacent to an activating group) is 1. The van der Waals surface area contributed by atoms with Crippen LogP contribution in [0.15, 0.2) is 6.07 Å². The third-order valence-corrected chi connectivity index (χ3v) is 3.94. The van der Waals surface area contributed by atoms with Gasteiger partial charge in [0.2, 0.25) is 23.6 Å². The summed E-state index contributed by atoms with van der Waals surface area (Å²) in [4.78, 5) is 35.3. The zero-order chi connectivity index (χ0) is 15.9. The molecule has 3 heterocycles. The highest BCUT2D eigenvalue weighted by Gasteiger charge is 2.44. The van der Waals surface area contributed by atoms with Crippen LogP contribution in [-0.4, -0.2) is 70.9 Å². The van der Waals surface area contributed by atoms with E-state index in [0.29, 0.717) is 24.7 Å². The molecule has 0 radical (unpaired) electrons. The van der Waals surface area contributed by atoms with Crippen molar-refractivity contribution in [1.29, 1.82) is 0 Å². The average Bonchev–Trinajstić information content (AvgIpc) is 2.88. The van der Waals surface area contributed by atoms with Crippen LogP contribution in [0.25, 0.3) is 0 Å². The van der Waals surface area contributed by atoms with Gasteiger partial charge in [0.1, 0.15) is 11.9 Å². The summed E-state index contributed by atoms with van der Waals surface area (Å²) in [5.74, 6) is 0.921. The van der Waals surface area contributed by atoms with Gasteiger partial charge in [0.05, 0.1) is 13.7 Å². The first kappa shape index (κ1) is 14.4. The summed E-state index contributed by atoms with van der Waals surface area (Å²) < 4.78 is 5.05. The van der Waals surface area contributed by atoms with E-state index in [1.807, 2.05) is 0 Å². The number of anilines is 2. The van der Waals surface area contributed by atoms with Crippen LogP contribution in [0, 0.1) is 0 Å². The van der Waals surface area contributed by atoms with Crippen molar-refractivity contribution in [3.05, 3.63) is 6.07 Å². The van der Waals surface area contributed by atoms with Crippen molar-refractivity contribution in [1.82, 2.24) is 19.8 Å². The monoisotopic (exact) mass is 306 g/mol. The molecule has 3 rings (SSSR count). The third-order valence-electron chi connectivity index (χ3n) is 3.94. The SMILES string of the molecule is COc1cc(N[C@@H]2C[C@H]3C(=O)N(C)CC(=O)N3C2)nc(N)n1. The van der Waals surface area contributed by atoms with Crippen LogP contribution < -0.4 is 15.8 Å². The Morgan fingerprint density at radius 1 is 1.41 bits per heavy atom. The molecular formula is C13H18N6O3. The molecule has 0 saturated carbocycles. The molecule has 9 nitrogen and oxygen atoms in total. The van der Waals surface area contributed by atoms with Gasteiger partial charge in [-0.05, 0) is 6.42 Å². The summed E-state index contributed by atoms with van der Waals surface area (Å²) in [6, 6.07) is 1.16. The van der Waals surface area contributed by atoms with Gasteiger partial charge in [-0.15, -0.1) is 0 Å². The van der Waals surface area contributed by atoms with Crippen molar-refractivity contribution in [3.8, 4) is 5.88 Å². The third kappa shape index (κ3) is 2.49. The van der Waals surface area contributed by atoms with E-state index in [1.54, 1.807) is 18.0 Å². The van der Waals surface area contributed by atoms with Crippen LogP contribution in [0.3, 0.4) is 0 Å². The molecule has 2 fully saturated rings. The van der Waals surface area contributed by atoms with Crippen molar-refractivity contribution in [3.63, 3.8) is 0 Å². The summed E-state index contributed by atoms with van der Waals surface area (Å²) in [6.45, 7) is 0.603. The molecule has 0 aromatic carbocycles. The Balaban J connectivity index is 1.74. The lowest BCUT2D eigenvalue weighted by Crippen LogP contribution is -2.55. The molecule has 2 atom stereocenters. The molecule has 118 valence electrons. The smallest absolute Gasteiger partial charge is 0.245 e. The molecule has 2 saturated heterocycles. The summed E-state index contributed by atoms with van der Waals surface area (Å²) in [5.41, 5.74) is 5.62. The van der Waals surface area contributed by atoms with Gasteiger partial charge in [-0.25, -0.2) is 0 Å². The number of carbonyl (C=O) groups is 2. The second-order valence-electron chi connectivity index (χ2n) is 5.49. The minimum Gasteiger partial charge on any atom is -0.481 e. The minimum atomic E-state index is -0.398. The molecule has 22 heavy (non-hydrogen) atoms. The molecular weight excluding hydrogens is 288 g/mol. The Hall–Kier alpha value is -2.58. The van der Waals surface area contributed by atoms with Gasteiger partial charge in [-0.3, -0.25) is 9.59 Å². The maximum atomic E-state index is 12.1. The van der Waals surface area contributed by atoms with E-state index in [4.69, 9.17) is 10.5 Å². The number of aromatic nitrogens is 2. The normalized spacial score (nSPS) is 24.5. The summed E-state index contributed by atoms with van der Waals surface area (Å²) >= 11 is 0. The number of nitrogens with zero attached hydrogens (tertiary/aromatic N) is 4. The zero-order valence-electron chi connectivity index (χ0n) is 12.4. The highest BCUT2D eigenvalue weighted by molar-refractivity contribution is 5.95. The Kier molecular flexibility index (Phi) is 3.47. The molecule has 9 heteroatoms. The number of nitrogens with two attached hydrogens (primary N) is 1. The highest BCUT2D eigenvalue weighted by Crippen LogP contribution is 2.26. The largest absolute Gasteiger partial charge is 0.481 e. The van der Waals surface area contributed by atoms with E-state index < -0.39 is 6.04 Å². The molecule has 0 bridgehead atoms. The Morgan fingerprint density at radius 3 is 2.91 bits per heavy atom. The van der Waals surface area contributed by atoms with Crippen LogP contribution >= 0.6 is 0 Å². The summed E-state index contributed by atoms with van der Waals surface area (Å²) in [5, 5.41) is 3.19. The number of carbonyl (C=O) groups excluding carboxylic acids is 2. The lowest BCUT2D eigenvalue weighted by Gasteiger charge is -2.33. The number of methoxy groups -OCH3 is 1. The van der Waals surface area contributed by atoms with Gasteiger partial charge in [-0.1, -0.05) is 0 Å². The standard InChI is InChI=1S/C13H18N6O3/c1-18-6-11(20)19-5-7(3-8(19)12(18)21)15-9-4-10(22-2)17-13(14)16-9/h4,7-8H,3,5-6H2,1-2H3,(H3,14,15,16,17)/t7-,8+/m1/s1. The fourth-order valence-electron chi connectivity index (χ4n) is 2.91. The summed E-state index contributed by atoms with van der Waals surface area (Å²) in [6.07, 6.45) is 0.543. The van der Waals surface area contributed by atoms with Gasteiger partial charge < -0.3 is 25.6 Å². The van der Waals surface area contributed by atoms with Crippen molar-refractivity contribution in [2.45, 2.75) is 18.5 Å². The molecule has 3 N–H and O–H groups in total. The molecule has 2 aliphatic rings. The van der Waals surface area contributed by atoms with E-state index in [-0.39, 0.29) is 30.3 Å². The fourth-order valence-corrected chi connectivity index (χ4v) is 2.91. The molecule has 0 spiro atoms. The Bertz CT molecular complexity index is 622. The van der Waals surface area contributed by atoms with Crippen LogP contribution in [-0.2, 0) is 9.59 Å². The first-order valence-electron chi connectivity index (χ1n) is 6.97. The predicted molar refractivity (Wildman–Crippen MR) is 78.2 cm³/mol. The number of piperazine rings is 1. The van der Waals surface area contributed by atoms with Crippen LogP contribution in [0.4, 0.5) is 11.8 Å². The van der Waals surface area contributed by atoms with Gasteiger partial charge in [0.25, 0.3) is 0 Å². The minimum absolute atomic E-state index is 0.0244. The number of amides is 2. The van der Waals surface area contributed by atoms with Crippen molar-refractivity contribution < 1.29 is 14.3 Å². The topological polar surface area (TPSA) is 114 Å². The first-order chi connectivity index (χ1) is 10.5. The second-order valence-corrected chi connectivity index (χ2v) is 5.49. The zero-order valence-corrected chi connectivity index (χ0v) is 12.4. The number of fused-ring (bicyclic) bond motifs is 1. The molecule has 2 amide bonds. The molecule has 0 unspecified atom stereocenters. The lowest BCUT2D eigenvalue weighted by atomic mass is 10.1. The van der Waals surface area contributed by atoms with Crippen LogP contribution in [0.2, 0.25) is 0 Å². The second kappa shape index (κ2) is 5.32. The highest BCUT2D eigenvalue weighted by atomic mass is 16.5. The van der Waals surface area contributed by atoms with Crippen molar-refractivity contribution in [2.75, 3.05) is 38.3 Å². The number of hydrogen-bond acceptors (Lipinski definition) is 7. The van der Waals surface area contributed by atoms with Crippen LogP contribution in [0.5, 0.6) is 5.88 Å². The maximum absolute atomic E-state index is 12.1. The van der Waals surface area contributed by atoms with Crippen LogP contribution in [0.1, 0.15) is 6.42 Å². The van der Waals surface area contributed by atoms with Gasteiger partial charge in [0.15, 0.2) is 0 Å². The first-order valence-corrected chi connectivity index (χ1v) is 6.97. The average molecular weight is 306 g/mol. The number of nitrogen functional groups attached to an aromatic ring is 1. The van der Waals surface area contributed by atoms with E-state index in [2.05, 4.69) is 15.3 Å². The van der Waals surface area contributed by atoms with Gasteiger partial charge in [-0.2, -0.15) is 9.97 Å². The number of ether oxygens (including phenoxy) is 1. The molecule has 0 aliphatic carbocycles. The van der Waals surface area contributed by atoms with E-state index >= 15 is 0 Å². The molecule has 1 aromatic rings. The fraction of sp³-hybridized carbons (Fsp3) is 0.538. The van der Waals surface area contributed by atoms with Crippen molar-refractivity contribution >= 4 is 23.6 Å². The molecule has 1 aromatic heterocycles. The number of rotatable bonds is 3. The van der Waals surface area contributed by atoms with Gasteiger partial charge in [0, 0.05) is 25.7 Å². The predicted octanol–water partition coefficient (Wildman–Crippen LogP) is -1.08. The Morgan fingerprint density at radius 2 is 2.18 bits per heavy atom. The Labute approximate surface area is 127 Å².